The van der Waals surface area contributed by atoms with Gasteiger partial charge in [-0.1, -0.05) is 0 Å². The van der Waals surface area contributed by atoms with E-state index in [0.29, 0.717) is 11.8 Å². The fraction of sp³-hybridized carbons (Fsp3) is 0.478. The first kappa shape index (κ1) is 21.7. The largest absolute Gasteiger partial charge is 0.368 e. The van der Waals surface area contributed by atoms with Crippen molar-refractivity contribution in [1.82, 2.24) is 15.6 Å². The second kappa shape index (κ2) is 10.7. The lowest BCUT2D eigenvalue weighted by Gasteiger charge is -2.36. The van der Waals surface area contributed by atoms with E-state index in [1.54, 1.807) is 0 Å². The SMILES string of the molecule is CN=C(NCc1ccnc(N2CCN(c3ccc(F)cc3)CC2)c1)NCC1CCCS1. The average Bonchev–Trinajstić information content (AvgIpc) is 3.34. The van der Waals surface area contributed by atoms with Crippen molar-refractivity contribution in [1.29, 1.82) is 0 Å². The Morgan fingerprint density at radius 3 is 2.61 bits per heavy atom. The van der Waals surface area contributed by atoms with Crippen LogP contribution in [0.15, 0.2) is 47.6 Å². The van der Waals surface area contributed by atoms with Crippen LogP contribution >= 0.6 is 11.8 Å². The zero-order valence-corrected chi connectivity index (χ0v) is 18.9. The molecule has 1 atom stereocenters. The summed E-state index contributed by atoms with van der Waals surface area (Å²) in [7, 11) is 1.82. The molecule has 1 aromatic carbocycles. The van der Waals surface area contributed by atoms with Crippen molar-refractivity contribution in [3.63, 3.8) is 0 Å². The van der Waals surface area contributed by atoms with Crippen molar-refractivity contribution >= 4 is 29.2 Å². The maximum atomic E-state index is 13.2. The van der Waals surface area contributed by atoms with E-state index in [2.05, 4.69) is 36.5 Å². The summed E-state index contributed by atoms with van der Waals surface area (Å²) in [4.78, 5) is 13.5. The summed E-state index contributed by atoms with van der Waals surface area (Å²) in [5, 5.41) is 7.56. The minimum atomic E-state index is -0.194. The monoisotopic (exact) mass is 442 g/mol. The molecule has 0 saturated carbocycles. The predicted octanol–water partition coefficient (Wildman–Crippen LogP) is 3.11. The molecule has 1 unspecified atom stereocenters. The molecule has 4 rings (SSSR count). The zero-order valence-electron chi connectivity index (χ0n) is 18.1. The fourth-order valence-electron chi connectivity index (χ4n) is 4.01. The molecule has 0 radical (unpaired) electrons. The van der Waals surface area contributed by atoms with Gasteiger partial charge >= 0.3 is 0 Å². The van der Waals surface area contributed by atoms with Gasteiger partial charge in [-0.2, -0.15) is 11.8 Å². The number of anilines is 2. The fourth-order valence-corrected chi connectivity index (χ4v) is 5.21. The molecule has 8 heteroatoms. The van der Waals surface area contributed by atoms with Gasteiger partial charge in [0.2, 0.25) is 0 Å². The van der Waals surface area contributed by atoms with Crippen LogP contribution in [0.3, 0.4) is 0 Å². The number of hydrogen-bond acceptors (Lipinski definition) is 5. The first-order chi connectivity index (χ1) is 15.2. The molecule has 0 aliphatic carbocycles. The standard InChI is InChI=1S/C23H31FN6S/c1-25-23(28-17-21-3-2-14-31-21)27-16-18-8-9-26-22(15-18)30-12-10-29(11-13-30)20-6-4-19(24)5-7-20/h4-9,15,21H,2-3,10-14,16-17H2,1H3,(H2,25,27,28). The third kappa shape index (κ3) is 6.03. The van der Waals surface area contributed by atoms with Crippen molar-refractivity contribution in [3.8, 4) is 0 Å². The molecule has 1 aromatic heterocycles. The van der Waals surface area contributed by atoms with Gasteiger partial charge in [0.05, 0.1) is 0 Å². The summed E-state index contributed by atoms with van der Waals surface area (Å²) in [6, 6.07) is 10.9. The Balaban J connectivity index is 1.27. The smallest absolute Gasteiger partial charge is 0.191 e. The van der Waals surface area contributed by atoms with Crippen LogP contribution in [0.4, 0.5) is 15.9 Å². The predicted molar refractivity (Wildman–Crippen MR) is 129 cm³/mol. The van der Waals surface area contributed by atoms with Crippen LogP contribution in [0, 0.1) is 5.82 Å². The lowest BCUT2D eigenvalue weighted by molar-refractivity contribution is 0.624. The number of thioether (sulfide) groups is 1. The molecular weight excluding hydrogens is 411 g/mol. The van der Waals surface area contributed by atoms with E-state index in [-0.39, 0.29) is 5.82 Å². The molecule has 2 N–H and O–H groups in total. The number of aromatic nitrogens is 1. The third-order valence-electron chi connectivity index (χ3n) is 5.81. The van der Waals surface area contributed by atoms with Crippen LogP contribution in [0.2, 0.25) is 0 Å². The highest BCUT2D eigenvalue weighted by molar-refractivity contribution is 8.00. The molecule has 2 aliphatic rings. The normalized spacial score (nSPS) is 19.5. The Labute approximate surface area is 188 Å². The van der Waals surface area contributed by atoms with Crippen molar-refractivity contribution in [2.24, 2.45) is 4.99 Å². The highest BCUT2D eigenvalue weighted by Gasteiger charge is 2.19. The van der Waals surface area contributed by atoms with E-state index in [4.69, 9.17) is 0 Å². The molecule has 166 valence electrons. The Kier molecular flexibility index (Phi) is 7.51. The molecule has 2 aliphatic heterocycles. The van der Waals surface area contributed by atoms with Gasteiger partial charge in [0.1, 0.15) is 11.6 Å². The minimum absolute atomic E-state index is 0.194. The van der Waals surface area contributed by atoms with Crippen LogP contribution in [0.5, 0.6) is 0 Å². The topological polar surface area (TPSA) is 55.8 Å². The van der Waals surface area contributed by atoms with Crippen molar-refractivity contribution in [2.75, 3.05) is 55.3 Å². The lowest BCUT2D eigenvalue weighted by Crippen LogP contribution is -2.46. The Bertz CT molecular complexity index is 861. The molecule has 2 saturated heterocycles. The van der Waals surface area contributed by atoms with Gasteiger partial charge < -0.3 is 20.4 Å². The van der Waals surface area contributed by atoms with Crippen molar-refractivity contribution in [3.05, 3.63) is 54.0 Å². The quantitative estimate of drug-likeness (QED) is 0.530. The Morgan fingerprint density at radius 1 is 1.13 bits per heavy atom. The Hall–Kier alpha value is -2.48. The van der Waals surface area contributed by atoms with Crippen LogP contribution < -0.4 is 20.4 Å². The number of halogens is 1. The van der Waals surface area contributed by atoms with E-state index < -0.39 is 0 Å². The Morgan fingerprint density at radius 2 is 1.90 bits per heavy atom. The van der Waals surface area contributed by atoms with E-state index in [1.165, 1.54) is 36.3 Å². The van der Waals surface area contributed by atoms with Gasteiger partial charge in [-0.05, 0) is 60.6 Å². The molecule has 0 spiro atoms. The van der Waals surface area contributed by atoms with E-state index in [0.717, 1.165) is 50.2 Å². The highest BCUT2D eigenvalue weighted by Crippen LogP contribution is 2.25. The number of nitrogens with one attached hydrogen (secondary N) is 2. The van der Waals surface area contributed by atoms with Gasteiger partial charge in [0, 0.05) is 63.5 Å². The average molecular weight is 443 g/mol. The summed E-state index contributed by atoms with van der Waals surface area (Å²) in [5.41, 5.74) is 2.26. The minimum Gasteiger partial charge on any atom is -0.368 e. The first-order valence-corrected chi connectivity index (χ1v) is 12.0. The van der Waals surface area contributed by atoms with E-state index >= 15 is 0 Å². The van der Waals surface area contributed by atoms with Gasteiger partial charge in [-0.25, -0.2) is 9.37 Å². The number of pyridine rings is 1. The number of aliphatic imine (C=N–C) groups is 1. The molecule has 2 aromatic rings. The summed E-state index contributed by atoms with van der Waals surface area (Å²) in [5.74, 6) is 2.93. The molecule has 0 amide bonds. The highest BCUT2D eigenvalue weighted by atomic mass is 32.2. The number of nitrogens with zero attached hydrogens (tertiary/aromatic N) is 4. The van der Waals surface area contributed by atoms with Gasteiger partial charge in [-0.3, -0.25) is 4.99 Å². The summed E-state index contributed by atoms with van der Waals surface area (Å²) < 4.78 is 13.2. The molecular formula is C23H31FN6S. The van der Waals surface area contributed by atoms with E-state index in [9.17, 15) is 4.39 Å². The van der Waals surface area contributed by atoms with Crippen LogP contribution in [-0.2, 0) is 6.54 Å². The number of benzene rings is 1. The van der Waals surface area contributed by atoms with Gasteiger partial charge in [0.15, 0.2) is 5.96 Å². The van der Waals surface area contributed by atoms with Crippen molar-refractivity contribution < 1.29 is 4.39 Å². The number of piperazine rings is 1. The second-order valence-electron chi connectivity index (χ2n) is 7.91. The van der Waals surface area contributed by atoms with E-state index in [1.807, 2.05) is 43.2 Å². The molecule has 6 nitrogen and oxygen atoms in total. The number of rotatable bonds is 6. The summed E-state index contributed by atoms with van der Waals surface area (Å²) in [6.45, 7) is 5.25. The maximum Gasteiger partial charge on any atom is 0.191 e. The lowest BCUT2D eigenvalue weighted by atomic mass is 10.2. The van der Waals surface area contributed by atoms with Gasteiger partial charge in [0.25, 0.3) is 0 Å². The van der Waals surface area contributed by atoms with Gasteiger partial charge in [-0.15, -0.1) is 0 Å². The summed E-state index contributed by atoms with van der Waals surface area (Å²) >= 11 is 2.05. The maximum absolute atomic E-state index is 13.2. The number of guanidine groups is 1. The van der Waals surface area contributed by atoms with Crippen LogP contribution in [-0.4, -0.2) is 61.7 Å². The van der Waals surface area contributed by atoms with Crippen LogP contribution in [0.25, 0.3) is 0 Å². The molecule has 31 heavy (non-hydrogen) atoms. The van der Waals surface area contributed by atoms with Crippen LogP contribution in [0.1, 0.15) is 18.4 Å². The zero-order chi connectivity index (χ0) is 21.5. The molecule has 0 bridgehead atoms. The summed E-state index contributed by atoms with van der Waals surface area (Å²) in [6.07, 6.45) is 4.49. The van der Waals surface area contributed by atoms with Crippen molar-refractivity contribution in [2.45, 2.75) is 24.6 Å². The number of hydrogen-bond donors (Lipinski definition) is 2. The second-order valence-corrected chi connectivity index (χ2v) is 9.32. The molecule has 2 fully saturated rings. The first-order valence-electron chi connectivity index (χ1n) is 11.0. The third-order valence-corrected chi connectivity index (χ3v) is 7.21. The molecule has 3 heterocycles.